The van der Waals surface area contributed by atoms with Crippen LogP contribution in [-0.4, -0.2) is 33.0 Å². The Labute approximate surface area is 143 Å². The maximum Gasteiger partial charge on any atom is 0.230 e. The predicted octanol–water partition coefficient (Wildman–Crippen LogP) is 2.80. The topological polar surface area (TPSA) is 86.1 Å². The molecule has 1 amide bonds. The summed E-state index contributed by atoms with van der Waals surface area (Å²) in [5.74, 6) is 2.27. The highest BCUT2D eigenvalue weighted by Crippen LogP contribution is 2.25. The van der Waals surface area contributed by atoms with Crippen LogP contribution in [0.3, 0.4) is 0 Å². The van der Waals surface area contributed by atoms with Gasteiger partial charge in [0.05, 0.1) is 24.8 Å². The number of carbonyl (C=O) groups excluding carboxylic acids is 1. The number of hydrogen-bond donors (Lipinski definition) is 1. The molecule has 0 atom stereocenters. The minimum atomic E-state index is -0.0195. The van der Waals surface area contributed by atoms with Crippen molar-refractivity contribution in [2.45, 2.75) is 25.0 Å². The van der Waals surface area contributed by atoms with Crippen LogP contribution in [0, 0.1) is 0 Å². The zero-order valence-corrected chi connectivity index (χ0v) is 14.1. The van der Waals surface area contributed by atoms with Crippen molar-refractivity contribution in [2.24, 2.45) is 0 Å². The molecule has 0 aliphatic rings. The van der Waals surface area contributed by atoms with Gasteiger partial charge in [0.1, 0.15) is 5.76 Å². The second kappa shape index (κ2) is 7.87. The molecule has 7 nitrogen and oxygen atoms in total. The van der Waals surface area contributed by atoms with Crippen LogP contribution in [0.5, 0.6) is 0 Å². The largest absolute Gasteiger partial charge is 0.467 e. The maximum absolute atomic E-state index is 11.8. The summed E-state index contributed by atoms with van der Waals surface area (Å²) in [5.41, 5.74) is 0. The zero-order valence-electron chi connectivity index (χ0n) is 13.3. The lowest BCUT2D eigenvalue weighted by Crippen LogP contribution is -2.25. The third kappa shape index (κ3) is 3.88. The number of hydrogen-bond acceptors (Lipinski definition) is 6. The van der Waals surface area contributed by atoms with Crippen LogP contribution in [0.25, 0.3) is 11.6 Å². The van der Waals surface area contributed by atoms with E-state index >= 15 is 0 Å². The van der Waals surface area contributed by atoms with Gasteiger partial charge in [0.25, 0.3) is 0 Å². The summed E-state index contributed by atoms with van der Waals surface area (Å²) in [6.07, 6.45) is 4.12. The highest BCUT2D eigenvalue weighted by atomic mass is 32.2. The molecule has 3 aromatic rings. The Morgan fingerprint density at radius 1 is 1.25 bits per heavy atom. The summed E-state index contributed by atoms with van der Waals surface area (Å²) >= 11 is 1.34. The fourth-order valence-electron chi connectivity index (χ4n) is 2.13. The van der Waals surface area contributed by atoms with E-state index in [9.17, 15) is 4.79 Å². The molecule has 1 N–H and O–H groups in total. The van der Waals surface area contributed by atoms with Crippen LogP contribution in [-0.2, 0) is 11.3 Å². The van der Waals surface area contributed by atoms with E-state index < -0.39 is 0 Å². The molecule has 0 bridgehead atoms. The molecule has 0 fully saturated rings. The number of furan rings is 2. The summed E-state index contributed by atoms with van der Waals surface area (Å²) in [6, 6.07) is 7.34. The monoisotopic (exact) mass is 346 g/mol. The van der Waals surface area contributed by atoms with Crippen molar-refractivity contribution in [3.05, 3.63) is 42.6 Å². The number of rotatable bonds is 8. The molecule has 0 spiro atoms. The van der Waals surface area contributed by atoms with E-state index in [1.54, 1.807) is 18.6 Å². The van der Waals surface area contributed by atoms with E-state index in [4.69, 9.17) is 8.83 Å². The van der Waals surface area contributed by atoms with E-state index in [1.165, 1.54) is 11.8 Å². The SMILES string of the molecule is CCCNC(=O)CSc1nnc(-c2ccco2)n1Cc1ccco1. The van der Waals surface area contributed by atoms with Gasteiger partial charge < -0.3 is 14.2 Å². The quantitative estimate of drug-likeness (QED) is 0.631. The smallest absolute Gasteiger partial charge is 0.230 e. The Hall–Kier alpha value is -2.48. The van der Waals surface area contributed by atoms with Crippen molar-refractivity contribution < 1.29 is 13.6 Å². The summed E-state index contributed by atoms with van der Waals surface area (Å²) < 4.78 is 12.7. The Bertz CT molecular complexity index is 765. The van der Waals surface area contributed by atoms with E-state index in [0.29, 0.717) is 29.8 Å². The minimum absolute atomic E-state index is 0.0195. The molecule has 0 radical (unpaired) electrons. The molecule has 0 aliphatic heterocycles. The second-order valence-corrected chi connectivity index (χ2v) is 6.03. The molecular formula is C16H18N4O3S. The van der Waals surface area contributed by atoms with Crippen molar-refractivity contribution in [3.8, 4) is 11.6 Å². The van der Waals surface area contributed by atoms with Crippen LogP contribution in [0.2, 0.25) is 0 Å². The number of nitrogens with one attached hydrogen (secondary N) is 1. The first kappa shape index (κ1) is 16.4. The lowest BCUT2D eigenvalue weighted by Gasteiger charge is -2.07. The molecule has 3 rings (SSSR count). The van der Waals surface area contributed by atoms with Crippen molar-refractivity contribution in [1.29, 1.82) is 0 Å². The minimum Gasteiger partial charge on any atom is -0.467 e. The number of aromatic nitrogens is 3. The van der Waals surface area contributed by atoms with Gasteiger partial charge in [0, 0.05) is 6.54 Å². The van der Waals surface area contributed by atoms with Crippen molar-refractivity contribution >= 4 is 17.7 Å². The average Bonchev–Trinajstić information content (AvgIpc) is 3.33. The van der Waals surface area contributed by atoms with Gasteiger partial charge in [0.15, 0.2) is 10.9 Å². The molecule has 3 aromatic heterocycles. The Morgan fingerprint density at radius 2 is 2.08 bits per heavy atom. The predicted molar refractivity (Wildman–Crippen MR) is 89.6 cm³/mol. The van der Waals surface area contributed by atoms with E-state index in [-0.39, 0.29) is 11.7 Å². The van der Waals surface area contributed by atoms with Crippen molar-refractivity contribution in [1.82, 2.24) is 20.1 Å². The van der Waals surface area contributed by atoms with Crippen molar-refractivity contribution in [3.63, 3.8) is 0 Å². The second-order valence-electron chi connectivity index (χ2n) is 5.09. The van der Waals surface area contributed by atoms with Crippen molar-refractivity contribution in [2.75, 3.05) is 12.3 Å². The van der Waals surface area contributed by atoms with Gasteiger partial charge in [-0.3, -0.25) is 9.36 Å². The van der Waals surface area contributed by atoms with Gasteiger partial charge in [-0.05, 0) is 30.7 Å². The first-order chi connectivity index (χ1) is 11.8. The van der Waals surface area contributed by atoms with Crippen LogP contribution < -0.4 is 5.32 Å². The van der Waals surface area contributed by atoms with Gasteiger partial charge in [0.2, 0.25) is 11.7 Å². The number of nitrogens with zero attached hydrogens (tertiary/aromatic N) is 3. The maximum atomic E-state index is 11.8. The Kier molecular flexibility index (Phi) is 5.37. The first-order valence-corrected chi connectivity index (χ1v) is 8.65. The zero-order chi connectivity index (χ0) is 16.8. The Balaban J connectivity index is 1.79. The standard InChI is InChI=1S/C16H18N4O3S/c1-2-7-17-14(21)11-24-16-19-18-15(13-6-4-9-23-13)20(16)10-12-5-3-8-22-12/h3-6,8-9H,2,7,10-11H2,1H3,(H,17,21). The van der Waals surface area contributed by atoms with Gasteiger partial charge in [-0.15, -0.1) is 10.2 Å². The average molecular weight is 346 g/mol. The molecule has 0 aromatic carbocycles. The van der Waals surface area contributed by atoms with E-state index in [1.807, 2.05) is 29.7 Å². The number of thioether (sulfide) groups is 1. The first-order valence-electron chi connectivity index (χ1n) is 7.67. The fraction of sp³-hybridized carbons (Fsp3) is 0.312. The summed E-state index contributed by atoms with van der Waals surface area (Å²) in [5, 5.41) is 11.9. The number of carbonyl (C=O) groups is 1. The van der Waals surface area contributed by atoms with Gasteiger partial charge in [-0.2, -0.15) is 0 Å². The van der Waals surface area contributed by atoms with Gasteiger partial charge >= 0.3 is 0 Å². The normalized spacial score (nSPS) is 10.9. The molecule has 0 aliphatic carbocycles. The van der Waals surface area contributed by atoms with Crippen LogP contribution in [0.1, 0.15) is 19.1 Å². The van der Waals surface area contributed by atoms with Gasteiger partial charge in [-0.25, -0.2) is 0 Å². The molecule has 126 valence electrons. The summed E-state index contributed by atoms with van der Waals surface area (Å²) in [7, 11) is 0. The summed E-state index contributed by atoms with van der Waals surface area (Å²) in [4.78, 5) is 11.8. The lowest BCUT2D eigenvalue weighted by molar-refractivity contribution is -0.118. The highest BCUT2D eigenvalue weighted by molar-refractivity contribution is 7.99. The van der Waals surface area contributed by atoms with Crippen LogP contribution in [0.4, 0.5) is 0 Å². The molecule has 0 saturated carbocycles. The van der Waals surface area contributed by atoms with E-state index in [0.717, 1.165) is 12.2 Å². The molecule has 3 heterocycles. The highest BCUT2D eigenvalue weighted by Gasteiger charge is 2.18. The van der Waals surface area contributed by atoms with Crippen LogP contribution in [0.15, 0.2) is 50.8 Å². The summed E-state index contributed by atoms with van der Waals surface area (Å²) in [6.45, 7) is 3.16. The molecular weight excluding hydrogens is 328 g/mol. The number of amides is 1. The molecule has 24 heavy (non-hydrogen) atoms. The Morgan fingerprint density at radius 3 is 2.79 bits per heavy atom. The molecule has 0 saturated heterocycles. The van der Waals surface area contributed by atoms with E-state index in [2.05, 4.69) is 15.5 Å². The van der Waals surface area contributed by atoms with Crippen LogP contribution >= 0.6 is 11.8 Å². The molecule has 8 heteroatoms. The van der Waals surface area contributed by atoms with Gasteiger partial charge in [-0.1, -0.05) is 18.7 Å². The lowest BCUT2D eigenvalue weighted by atomic mass is 10.4. The third-order valence-electron chi connectivity index (χ3n) is 3.26. The third-order valence-corrected chi connectivity index (χ3v) is 4.22. The fourth-order valence-corrected chi connectivity index (χ4v) is 2.90. The molecule has 0 unspecified atom stereocenters.